The predicted octanol–water partition coefficient (Wildman–Crippen LogP) is 3.90. The number of nitrogens with zero attached hydrogens (tertiary/aromatic N) is 1. The van der Waals surface area contributed by atoms with Gasteiger partial charge in [-0.25, -0.2) is 4.99 Å². The lowest BCUT2D eigenvalue weighted by atomic mass is 9.87. The molecular formula is C12H13NS. The molecule has 0 unspecified atom stereocenters. The second-order valence-electron chi connectivity index (χ2n) is 4.41. The molecule has 1 heterocycles. The van der Waals surface area contributed by atoms with Crippen molar-refractivity contribution in [1.29, 1.82) is 0 Å². The molecule has 0 N–H and O–H groups in total. The van der Waals surface area contributed by atoms with Gasteiger partial charge in [0.05, 0.1) is 5.69 Å². The molecule has 0 amide bonds. The molecule has 1 aliphatic rings. The van der Waals surface area contributed by atoms with Gasteiger partial charge in [-0.1, -0.05) is 38.6 Å². The van der Waals surface area contributed by atoms with Gasteiger partial charge in [0.1, 0.15) is 0 Å². The third-order valence-electron chi connectivity index (χ3n) is 2.25. The Bertz CT molecular complexity index is 420. The fourth-order valence-corrected chi connectivity index (χ4v) is 1.96. The molecular weight excluding hydrogens is 190 g/mol. The number of thioether (sulfide) groups is 1. The summed E-state index contributed by atoms with van der Waals surface area (Å²) in [5, 5.41) is 1.89. The van der Waals surface area contributed by atoms with Gasteiger partial charge in [0, 0.05) is 10.3 Å². The maximum atomic E-state index is 4.24. The van der Waals surface area contributed by atoms with E-state index >= 15 is 0 Å². The molecule has 72 valence electrons. The largest absolute Gasteiger partial charge is 0.205 e. The second kappa shape index (κ2) is 3.30. The van der Waals surface area contributed by atoms with Crippen molar-refractivity contribution < 1.29 is 0 Å². The summed E-state index contributed by atoms with van der Waals surface area (Å²) in [6.45, 7) is 6.64. The SMILES string of the molecule is CC(C)(C)c1ccc2c(c1)N=C=CS2. The number of benzene rings is 1. The summed E-state index contributed by atoms with van der Waals surface area (Å²) in [5.74, 6) is 2.88. The lowest BCUT2D eigenvalue weighted by molar-refractivity contribution is 0.590. The first-order valence-corrected chi connectivity index (χ1v) is 5.54. The van der Waals surface area contributed by atoms with Crippen LogP contribution in [0.1, 0.15) is 26.3 Å². The van der Waals surface area contributed by atoms with Crippen LogP contribution in [0.2, 0.25) is 0 Å². The maximum Gasteiger partial charge on any atom is 0.0872 e. The van der Waals surface area contributed by atoms with Crippen LogP contribution in [0.3, 0.4) is 0 Å². The van der Waals surface area contributed by atoms with Gasteiger partial charge in [0.25, 0.3) is 0 Å². The third-order valence-corrected chi connectivity index (χ3v) is 3.07. The number of rotatable bonds is 0. The van der Waals surface area contributed by atoms with Gasteiger partial charge in [0.15, 0.2) is 0 Å². The van der Waals surface area contributed by atoms with E-state index in [0.717, 1.165) is 5.69 Å². The van der Waals surface area contributed by atoms with E-state index in [9.17, 15) is 0 Å². The van der Waals surface area contributed by atoms with Crippen molar-refractivity contribution in [3.63, 3.8) is 0 Å². The van der Waals surface area contributed by atoms with Crippen LogP contribution in [0.25, 0.3) is 0 Å². The summed E-state index contributed by atoms with van der Waals surface area (Å²) in [6, 6.07) is 6.48. The molecule has 1 aliphatic heterocycles. The average molecular weight is 203 g/mol. The molecule has 0 saturated carbocycles. The fraction of sp³-hybridized carbons (Fsp3) is 0.333. The van der Waals surface area contributed by atoms with Crippen LogP contribution in [-0.4, -0.2) is 5.87 Å². The van der Waals surface area contributed by atoms with Crippen LogP contribution in [-0.2, 0) is 5.41 Å². The highest BCUT2D eigenvalue weighted by molar-refractivity contribution is 8.02. The van der Waals surface area contributed by atoms with E-state index in [1.807, 2.05) is 5.41 Å². The van der Waals surface area contributed by atoms with Crippen molar-refractivity contribution in [3.8, 4) is 0 Å². The Kier molecular flexibility index (Phi) is 2.26. The Morgan fingerprint density at radius 2 is 2.07 bits per heavy atom. The van der Waals surface area contributed by atoms with Gasteiger partial charge in [-0.15, -0.1) is 0 Å². The minimum atomic E-state index is 0.191. The lowest BCUT2D eigenvalue weighted by Crippen LogP contribution is -2.10. The van der Waals surface area contributed by atoms with E-state index in [1.54, 1.807) is 11.8 Å². The first-order valence-electron chi connectivity index (χ1n) is 4.66. The van der Waals surface area contributed by atoms with Gasteiger partial charge in [-0.2, -0.15) is 0 Å². The molecule has 0 aliphatic carbocycles. The first kappa shape index (κ1) is 9.57. The number of hydrogen-bond donors (Lipinski definition) is 0. The summed E-state index contributed by atoms with van der Waals surface area (Å²) in [5.41, 5.74) is 2.56. The Balaban J connectivity index is 2.50. The standard InChI is InChI=1S/C12H13NS/c1-12(2,3)9-4-5-11-10(8-9)13-6-7-14-11/h4-5,7-8H,1-3H3. The molecule has 0 aromatic heterocycles. The zero-order chi connectivity index (χ0) is 10.2. The highest BCUT2D eigenvalue weighted by atomic mass is 32.2. The Hall–Kier alpha value is -0.980. The van der Waals surface area contributed by atoms with Gasteiger partial charge in [0.2, 0.25) is 0 Å². The minimum Gasteiger partial charge on any atom is -0.205 e. The summed E-state index contributed by atoms with van der Waals surface area (Å²) >= 11 is 1.68. The van der Waals surface area contributed by atoms with E-state index in [-0.39, 0.29) is 5.41 Å². The Morgan fingerprint density at radius 1 is 1.29 bits per heavy atom. The number of hydrogen-bond acceptors (Lipinski definition) is 2. The van der Waals surface area contributed by atoms with Gasteiger partial charge in [-0.05, 0) is 29.0 Å². The number of fused-ring (bicyclic) bond motifs is 1. The van der Waals surface area contributed by atoms with Crippen molar-refractivity contribution in [2.45, 2.75) is 31.1 Å². The van der Waals surface area contributed by atoms with Crippen LogP contribution in [0.4, 0.5) is 5.69 Å². The van der Waals surface area contributed by atoms with Crippen LogP contribution >= 0.6 is 11.8 Å². The highest BCUT2D eigenvalue weighted by Gasteiger charge is 2.15. The Morgan fingerprint density at radius 3 is 2.79 bits per heavy atom. The normalized spacial score (nSPS) is 14.2. The molecule has 1 aromatic rings. The van der Waals surface area contributed by atoms with Crippen LogP contribution in [0.5, 0.6) is 0 Å². The van der Waals surface area contributed by atoms with Crippen molar-refractivity contribution in [2.75, 3.05) is 0 Å². The smallest absolute Gasteiger partial charge is 0.0872 e. The van der Waals surface area contributed by atoms with Gasteiger partial charge in [-0.3, -0.25) is 0 Å². The zero-order valence-corrected chi connectivity index (χ0v) is 9.48. The third kappa shape index (κ3) is 1.77. The van der Waals surface area contributed by atoms with Gasteiger partial charge >= 0.3 is 0 Å². The molecule has 2 heteroatoms. The van der Waals surface area contributed by atoms with Crippen molar-refractivity contribution >= 4 is 23.3 Å². The van der Waals surface area contributed by atoms with Crippen molar-refractivity contribution in [3.05, 3.63) is 29.2 Å². The summed E-state index contributed by atoms with van der Waals surface area (Å²) < 4.78 is 0. The summed E-state index contributed by atoms with van der Waals surface area (Å²) in [7, 11) is 0. The van der Waals surface area contributed by atoms with Crippen molar-refractivity contribution in [1.82, 2.24) is 0 Å². The topological polar surface area (TPSA) is 12.4 Å². The molecule has 1 nitrogen and oxygen atoms in total. The molecule has 0 fully saturated rings. The molecule has 1 aromatic carbocycles. The first-order chi connectivity index (χ1) is 6.57. The molecule has 0 bridgehead atoms. The monoisotopic (exact) mass is 203 g/mol. The lowest BCUT2D eigenvalue weighted by Gasteiger charge is -2.20. The summed E-state index contributed by atoms with van der Waals surface area (Å²) in [6.07, 6.45) is 0. The molecule has 2 rings (SSSR count). The van der Waals surface area contributed by atoms with Gasteiger partial charge < -0.3 is 0 Å². The van der Waals surface area contributed by atoms with E-state index in [4.69, 9.17) is 0 Å². The summed E-state index contributed by atoms with van der Waals surface area (Å²) in [4.78, 5) is 5.46. The second-order valence-corrected chi connectivity index (χ2v) is 5.32. The molecule has 14 heavy (non-hydrogen) atoms. The fourth-order valence-electron chi connectivity index (χ4n) is 1.36. The van der Waals surface area contributed by atoms with Crippen molar-refractivity contribution in [2.24, 2.45) is 4.99 Å². The van der Waals surface area contributed by atoms with E-state index in [1.165, 1.54) is 10.5 Å². The quantitative estimate of drug-likeness (QED) is 0.623. The predicted molar refractivity (Wildman–Crippen MR) is 62.7 cm³/mol. The highest BCUT2D eigenvalue weighted by Crippen LogP contribution is 2.35. The van der Waals surface area contributed by atoms with Crippen LogP contribution < -0.4 is 0 Å². The molecule has 0 radical (unpaired) electrons. The minimum absolute atomic E-state index is 0.191. The Labute approximate surface area is 88.9 Å². The van der Waals surface area contributed by atoms with E-state index in [2.05, 4.69) is 49.8 Å². The average Bonchev–Trinajstić information content (AvgIpc) is 2.16. The van der Waals surface area contributed by atoms with Crippen LogP contribution in [0.15, 0.2) is 33.5 Å². The molecule has 0 spiro atoms. The maximum absolute atomic E-state index is 4.24. The molecule has 0 saturated heterocycles. The van der Waals surface area contributed by atoms with E-state index < -0.39 is 0 Å². The van der Waals surface area contributed by atoms with Crippen LogP contribution in [0, 0.1) is 0 Å². The zero-order valence-electron chi connectivity index (χ0n) is 8.66. The number of aliphatic imine (C=N–C) groups is 1. The van der Waals surface area contributed by atoms with E-state index in [0.29, 0.717) is 0 Å². The molecule has 0 atom stereocenters.